The Balaban J connectivity index is 2.21. The van der Waals surface area contributed by atoms with E-state index in [9.17, 15) is 4.79 Å². The molecular formula is C17H26N2O. The molecular weight excluding hydrogens is 248 g/mol. The van der Waals surface area contributed by atoms with Crippen LogP contribution < -0.4 is 11.1 Å². The van der Waals surface area contributed by atoms with Crippen molar-refractivity contribution in [1.82, 2.24) is 0 Å². The smallest absolute Gasteiger partial charge is 0.231 e. The number of para-hydroxylation sites is 1. The monoisotopic (exact) mass is 274 g/mol. The van der Waals surface area contributed by atoms with Crippen molar-refractivity contribution in [2.75, 3.05) is 11.9 Å². The maximum Gasteiger partial charge on any atom is 0.231 e. The van der Waals surface area contributed by atoms with Gasteiger partial charge in [-0.15, -0.1) is 0 Å². The van der Waals surface area contributed by atoms with E-state index in [-0.39, 0.29) is 11.3 Å². The fourth-order valence-electron chi connectivity index (χ4n) is 3.19. The van der Waals surface area contributed by atoms with E-state index in [0.717, 1.165) is 42.5 Å². The molecule has 2 rings (SSSR count). The first kappa shape index (κ1) is 15.0. The van der Waals surface area contributed by atoms with E-state index in [0.29, 0.717) is 6.54 Å². The zero-order chi connectivity index (χ0) is 14.6. The van der Waals surface area contributed by atoms with Gasteiger partial charge in [-0.1, -0.05) is 43.9 Å². The van der Waals surface area contributed by atoms with Crippen molar-refractivity contribution >= 4 is 11.6 Å². The summed E-state index contributed by atoms with van der Waals surface area (Å²) in [5.41, 5.74) is 8.78. The Hall–Kier alpha value is -1.35. The Morgan fingerprint density at radius 2 is 1.70 bits per heavy atom. The van der Waals surface area contributed by atoms with Crippen molar-refractivity contribution in [3.05, 3.63) is 29.3 Å². The summed E-state index contributed by atoms with van der Waals surface area (Å²) in [6, 6.07) is 6.08. The second-order valence-corrected chi connectivity index (χ2v) is 6.12. The normalized spacial score (nSPS) is 18.4. The van der Waals surface area contributed by atoms with Crippen LogP contribution in [0, 0.1) is 19.3 Å². The van der Waals surface area contributed by atoms with Crippen molar-refractivity contribution in [3.63, 3.8) is 0 Å². The molecule has 110 valence electrons. The van der Waals surface area contributed by atoms with Crippen LogP contribution in [0.5, 0.6) is 0 Å². The molecule has 0 spiro atoms. The van der Waals surface area contributed by atoms with Crippen LogP contribution in [-0.4, -0.2) is 12.5 Å². The number of benzene rings is 1. The van der Waals surface area contributed by atoms with E-state index >= 15 is 0 Å². The second-order valence-electron chi connectivity index (χ2n) is 6.12. The molecule has 0 radical (unpaired) electrons. The second kappa shape index (κ2) is 6.40. The molecule has 1 fully saturated rings. The maximum atomic E-state index is 12.8. The van der Waals surface area contributed by atoms with Crippen molar-refractivity contribution < 1.29 is 4.79 Å². The summed E-state index contributed by atoms with van der Waals surface area (Å²) in [7, 11) is 0. The summed E-state index contributed by atoms with van der Waals surface area (Å²) in [4.78, 5) is 12.8. The minimum absolute atomic E-state index is 0.110. The molecule has 1 aliphatic rings. The SMILES string of the molecule is Cc1cccc(C)c1NC(=O)C1(CN)CCCCCC1. The molecule has 0 aliphatic heterocycles. The molecule has 0 saturated heterocycles. The average molecular weight is 274 g/mol. The Morgan fingerprint density at radius 3 is 2.20 bits per heavy atom. The molecule has 20 heavy (non-hydrogen) atoms. The van der Waals surface area contributed by atoms with Crippen LogP contribution in [0.1, 0.15) is 49.7 Å². The van der Waals surface area contributed by atoms with Crippen molar-refractivity contribution in [2.45, 2.75) is 52.4 Å². The maximum absolute atomic E-state index is 12.8. The minimum Gasteiger partial charge on any atom is -0.329 e. The number of hydrogen-bond acceptors (Lipinski definition) is 2. The summed E-state index contributed by atoms with van der Waals surface area (Å²) < 4.78 is 0. The largest absolute Gasteiger partial charge is 0.329 e. The number of nitrogens with two attached hydrogens (primary N) is 1. The Labute approximate surface area is 121 Å². The van der Waals surface area contributed by atoms with Gasteiger partial charge in [-0.2, -0.15) is 0 Å². The zero-order valence-electron chi connectivity index (χ0n) is 12.7. The van der Waals surface area contributed by atoms with E-state index in [1.807, 2.05) is 32.0 Å². The highest BCUT2D eigenvalue weighted by Gasteiger charge is 2.37. The van der Waals surface area contributed by atoms with Crippen LogP contribution in [0.15, 0.2) is 18.2 Å². The summed E-state index contributed by atoms with van der Waals surface area (Å²) in [6.07, 6.45) is 6.49. The van der Waals surface area contributed by atoms with Crippen molar-refractivity contribution in [2.24, 2.45) is 11.1 Å². The van der Waals surface area contributed by atoms with Gasteiger partial charge in [0.15, 0.2) is 0 Å². The number of aryl methyl sites for hydroxylation is 2. The number of carbonyl (C=O) groups excluding carboxylic acids is 1. The van der Waals surface area contributed by atoms with Crippen molar-refractivity contribution in [1.29, 1.82) is 0 Å². The highest BCUT2D eigenvalue weighted by Crippen LogP contribution is 2.36. The lowest BCUT2D eigenvalue weighted by atomic mass is 9.79. The fraction of sp³-hybridized carbons (Fsp3) is 0.588. The molecule has 3 nitrogen and oxygen atoms in total. The quantitative estimate of drug-likeness (QED) is 0.828. The summed E-state index contributed by atoms with van der Waals surface area (Å²) in [5, 5.41) is 3.15. The van der Waals surface area contributed by atoms with Gasteiger partial charge >= 0.3 is 0 Å². The van der Waals surface area contributed by atoms with Gasteiger partial charge in [-0.25, -0.2) is 0 Å². The standard InChI is InChI=1S/C17H26N2O/c1-13-8-7-9-14(2)15(13)19-16(20)17(12-18)10-5-3-4-6-11-17/h7-9H,3-6,10-12,18H2,1-2H3,(H,19,20). The Bertz CT molecular complexity index is 454. The molecule has 0 atom stereocenters. The van der Waals surface area contributed by atoms with Gasteiger partial charge in [0.2, 0.25) is 5.91 Å². The predicted octanol–water partition coefficient (Wildman–Crippen LogP) is 3.54. The third-order valence-corrected chi connectivity index (χ3v) is 4.65. The number of amides is 1. The van der Waals surface area contributed by atoms with Gasteiger partial charge in [-0.3, -0.25) is 4.79 Å². The molecule has 1 aromatic carbocycles. The van der Waals surface area contributed by atoms with Crippen LogP contribution >= 0.6 is 0 Å². The lowest BCUT2D eigenvalue weighted by molar-refractivity contribution is -0.125. The van der Waals surface area contributed by atoms with Gasteiger partial charge in [0.05, 0.1) is 5.41 Å². The number of anilines is 1. The Morgan fingerprint density at radius 1 is 1.15 bits per heavy atom. The molecule has 0 unspecified atom stereocenters. The van der Waals surface area contributed by atoms with E-state index in [1.54, 1.807) is 0 Å². The minimum atomic E-state index is -0.370. The average Bonchev–Trinajstić information content (AvgIpc) is 2.69. The highest BCUT2D eigenvalue weighted by atomic mass is 16.2. The summed E-state index contributed by atoms with van der Waals surface area (Å²) in [5.74, 6) is 0.110. The first-order valence-corrected chi connectivity index (χ1v) is 7.67. The van der Waals surface area contributed by atoms with E-state index < -0.39 is 0 Å². The van der Waals surface area contributed by atoms with Crippen LogP contribution in [0.3, 0.4) is 0 Å². The Kier molecular flexibility index (Phi) is 4.81. The van der Waals surface area contributed by atoms with E-state index in [2.05, 4.69) is 5.32 Å². The molecule has 0 heterocycles. The van der Waals surface area contributed by atoms with Gasteiger partial charge in [0.25, 0.3) is 0 Å². The molecule has 0 aromatic heterocycles. The van der Waals surface area contributed by atoms with Crippen LogP contribution in [-0.2, 0) is 4.79 Å². The molecule has 1 saturated carbocycles. The zero-order valence-corrected chi connectivity index (χ0v) is 12.7. The first-order valence-electron chi connectivity index (χ1n) is 7.67. The van der Waals surface area contributed by atoms with E-state index in [4.69, 9.17) is 5.73 Å². The number of nitrogens with one attached hydrogen (secondary N) is 1. The summed E-state index contributed by atoms with van der Waals surface area (Å²) in [6.45, 7) is 4.51. The van der Waals surface area contributed by atoms with Crippen LogP contribution in [0.4, 0.5) is 5.69 Å². The molecule has 3 heteroatoms. The van der Waals surface area contributed by atoms with Gasteiger partial charge < -0.3 is 11.1 Å². The van der Waals surface area contributed by atoms with Gasteiger partial charge in [0.1, 0.15) is 0 Å². The predicted molar refractivity (Wildman–Crippen MR) is 83.7 cm³/mol. The molecule has 1 aromatic rings. The number of carbonyl (C=O) groups is 1. The third kappa shape index (κ3) is 3.04. The van der Waals surface area contributed by atoms with E-state index in [1.165, 1.54) is 12.8 Å². The molecule has 1 amide bonds. The molecule has 1 aliphatic carbocycles. The molecule has 3 N–H and O–H groups in total. The molecule has 0 bridgehead atoms. The van der Waals surface area contributed by atoms with Crippen LogP contribution in [0.2, 0.25) is 0 Å². The topological polar surface area (TPSA) is 55.1 Å². The highest BCUT2D eigenvalue weighted by molar-refractivity contribution is 5.96. The van der Waals surface area contributed by atoms with Crippen molar-refractivity contribution in [3.8, 4) is 0 Å². The third-order valence-electron chi connectivity index (χ3n) is 4.65. The van der Waals surface area contributed by atoms with Crippen LogP contribution in [0.25, 0.3) is 0 Å². The lowest BCUT2D eigenvalue weighted by Crippen LogP contribution is -2.42. The fourth-order valence-corrected chi connectivity index (χ4v) is 3.19. The number of rotatable bonds is 3. The van der Waals surface area contributed by atoms with Gasteiger partial charge in [-0.05, 0) is 37.8 Å². The lowest BCUT2D eigenvalue weighted by Gasteiger charge is -2.30. The first-order chi connectivity index (χ1) is 9.59. The number of hydrogen-bond donors (Lipinski definition) is 2. The summed E-state index contributed by atoms with van der Waals surface area (Å²) >= 11 is 0. The van der Waals surface area contributed by atoms with Gasteiger partial charge in [0, 0.05) is 12.2 Å².